The number of nitrogens with one attached hydrogen (secondary N) is 1. The van der Waals surface area contributed by atoms with Crippen molar-refractivity contribution in [3.05, 3.63) is 94.0 Å². The molecule has 7 nitrogen and oxygen atoms in total. The predicted octanol–water partition coefficient (Wildman–Crippen LogP) is 4.42. The average molecular weight is 554 g/mol. The maximum absolute atomic E-state index is 13.8. The van der Waals surface area contributed by atoms with Gasteiger partial charge in [0, 0.05) is 34.4 Å². The van der Waals surface area contributed by atoms with E-state index in [2.05, 4.69) is 21.2 Å². The van der Waals surface area contributed by atoms with Crippen molar-refractivity contribution in [3.63, 3.8) is 0 Å². The zero-order valence-electron chi connectivity index (χ0n) is 18.9. The zero-order valence-corrected chi connectivity index (χ0v) is 21.3. The van der Waals surface area contributed by atoms with Crippen molar-refractivity contribution in [3.8, 4) is 0 Å². The van der Waals surface area contributed by atoms with Gasteiger partial charge in [0.05, 0.1) is 10.9 Å². The first-order chi connectivity index (χ1) is 16.8. The van der Waals surface area contributed by atoms with E-state index in [4.69, 9.17) is 0 Å². The molecular formula is C26H24BrN3O4S. The number of amides is 2. The van der Waals surface area contributed by atoms with Crippen LogP contribution in [-0.4, -0.2) is 49.1 Å². The van der Waals surface area contributed by atoms with Gasteiger partial charge in [-0.2, -0.15) is 4.31 Å². The van der Waals surface area contributed by atoms with Crippen LogP contribution < -0.4 is 5.32 Å². The molecule has 3 aromatic carbocycles. The fourth-order valence-electron chi connectivity index (χ4n) is 4.67. The number of benzene rings is 3. The fraction of sp³-hybridized carbons (Fsp3) is 0.231. The maximum Gasteiger partial charge on any atom is 0.255 e. The molecule has 0 bridgehead atoms. The summed E-state index contributed by atoms with van der Waals surface area (Å²) in [6.07, 6.45) is 1.70. The summed E-state index contributed by atoms with van der Waals surface area (Å²) in [4.78, 5) is 28.3. The lowest BCUT2D eigenvalue weighted by molar-refractivity contribution is -0.117. The summed E-state index contributed by atoms with van der Waals surface area (Å²) < 4.78 is 28.1. The standard InChI is InChI=1S/C26H24BrN3O4S/c27-20-10-13-23-22(16-20)25(18-6-2-1-3-7-18)30(17-24(31)28-23)26(32)19-8-11-21(12-9-19)35(33,34)29-14-4-5-15-29/h1-3,6-13,16,25H,4-5,14-15,17H2,(H,28,31)/t25-/m1/s1. The number of hydrogen-bond acceptors (Lipinski definition) is 4. The number of hydrogen-bond donors (Lipinski definition) is 1. The van der Waals surface area contributed by atoms with Crippen LogP contribution in [0.25, 0.3) is 0 Å². The molecule has 2 heterocycles. The van der Waals surface area contributed by atoms with Crippen LogP contribution in [0.4, 0.5) is 5.69 Å². The Morgan fingerprint density at radius 3 is 2.31 bits per heavy atom. The minimum atomic E-state index is -3.58. The smallest absolute Gasteiger partial charge is 0.255 e. The SMILES string of the molecule is O=C1CN(C(=O)c2ccc(S(=O)(=O)N3CCCC3)cc2)[C@H](c2ccccc2)c2cc(Br)ccc2N1. The summed E-state index contributed by atoms with van der Waals surface area (Å²) in [5, 5.41) is 2.91. The summed E-state index contributed by atoms with van der Waals surface area (Å²) in [5.41, 5.74) is 2.62. The Morgan fingerprint density at radius 1 is 0.943 bits per heavy atom. The molecule has 0 aliphatic carbocycles. The molecule has 0 unspecified atom stereocenters. The monoisotopic (exact) mass is 553 g/mol. The number of nitrogens with zero attached hydrogens (tertiary/aromatic N) is 2. The molecule has 1 saturated heterocycles. The summed E-state index contributed by atoms with van der Waals surface area (Å²) >= 11 is 3.51. The second-order valence-electron chi connectivity index (χ2n) is 8.66. The molecule has 9 heteroatoms. The molecule has 35 heavy (non-hydrogen) atoms. The fourth-order valence-corrected chi connectivity index (χ4v) is 6.57. The quantitative estimate of drug-likeness (QED) is 0.518. The van der Waals surface area contributed by atoms with E-state index in [1.54, 1.807) is 0 Å². The minimum Gasteiger partial charge on any atom is -0.324 e. The van der Waals surface area contributed by atoms with E-state index >= 15 is 0 Å². The van der Waals surface area contributed by atoms with Crippen molar-refractivity contribution >= 4 is 43.5 Å². The third kappa shape index (κ3) is 4.63. The number of fused-ring (bicyclic) bond motifs is 1. The van der Waals surface area contributed by atoms with Crippen LogP contribution in [0.5, 0.6) is 0 Å². The molecular weight excluding hydrogens is 530 g/mol. The molecule has 2 aliphatic heterocycles. The van der Waals surface area contributed by atoms with Gasteiger partial charge < -0.3 is 10.2 Å². The van der Waals surface area contributed by atoms with E-state index in [0.29, 0.717) is 24.3 Å². The Hall–Kier alpha value is -3.01. The number of carbonyl (C=O) groups excluding carboxylic acids is 2. The van der Waals surface area contributed by atoms with E-state index in [1.807, 2.05) is 48.5 Å². The first-order valence-electron chi connectivity index (χ1n) is 11.4. The van der Waals surface area contributed by atoms with Crippen LogP contribution in [0.2, 0.25) is 0 Å². The van der Waals surface area contributed by atoms with E-state index in [-0.39, 0.29) is 23.3 Å². The Bertz CT molecular complexity index is 1370. The van der Waals surface area contributed by atoms with Crippen LogP contribution in [0, 0.1) is 0 Å². The van der Waals surface area contributed by atoms with Gasteiger partial charge in [-0.15, -0.1) is 0 Å². The van der Waals surface area contributed by atoms with E-state index in [0.717, 1.165) is 28.4 Å². The van der Waals surface area contributed by atoms with Gasteiger partial charge >= 0.3 is 0 Å². The summed E-state index contributed by atoms with van der Waals surface area (Å²) in [7, 11) is -3.58. The first-order valence-corrected chi connectivity index (χ1v) is 13.6. The third-order valence-corrected chi connectivity index (χ3v) is 8.79. The van der Waals surface area contributed by atoms with Crippen molar-refractivity contribution in [2.75, 3.05) is 25.0 Å². The molecule has 3 aromatic rings. The predicted molar refractivity (Wildman–Crippen MR) is 137 cm³/mol. The number of carbonyl (C=O) groups is 2. The van der Waals surface area contributed by atoms with Gasteiger partial charge in [-0.05, 0) is 60.9 Å². The van der Waals surface area contributed by atoms with Gasteiger partial charge in [0.2, 0.25) is 15.9 Å². The highest BCUT2D eigenvalue weighted by Crippen LogP contribution is 2.38. The van der Waals surface area contributed by atoms with E-state index < -0.39 is 16.1 Å². The topological polar surface area (TPSA) is 86.8 Å². The Kier molecular flexibility index (Phi) is 6.48. The van der Waals surface area contributed by atoms with Crippen LogP contribution >= 0.6 is 15.9 Å². The molecule has 0 aromatic heterocycles. The number of anilines is 1. The van der Waals surface area contributed by atoms with Crippen molar-refractivity contribution in [2.45, 2.75) is 23.8 Å². The van der Waals surface area contributed by atoms with Crippen LogP contribution in [-0.2, 0) is 14.8 Å². The van der Waals surface area contributed by atoms with Gasteiger partial charge in [0.15, 0.2) is 0 Å². The highest BCUT2D eigenvalue weighted by Gasteiger charge is 2.34. The van der Waals surface area contributed by atoms with E-state index in [9.17, 15) is 18.0 Å². The van der Waals surface area contributed by atoms with Gasteiger partial charge in [-0.25, -0.2) is 8.42 Å². The van der Waals surface area contributed by atoms with Crippen LogP contribution in [0.1, 0.15) is 40.4 Å². The second-order valence-corrected chi connectivity index (χ2v) is 11.5. The number of halogens is 1. The van der Waals surface area contributed by atoms with Crippen LogP contribution in [0.15, 0.2) is 82.2 Å². The maximum atomic E-state index is 13.8. The molecule has 2 aliphatic rings. The number of sulfonamides is 1. The first kappa shape index (κ1) is 23.7. The van der Waals surface area contributed by atoms with Crippen molar-refractivity contribution in [1.29, 1.82) is 0 Å². The van der Waals surface area contributed by atoms with Gasteiger partial charge in [0.25, 0.3) is 5.91 Å². The summed E-state index contributed by atoms with van der Waals surface area (Å²) in [5.74, 6) is -0.652. The molecule has 0 radical (unpaired) electrons. The molecule has 2 amide bonds. The van der Waals surface area contributed by atoms with Crippen molar-refractivity contribution < 1.29 is 18.0 Å². The Morgan fingerprint density at radius 2 is 1.63 bits per heavy atom. The molecule has 180 valence electrons. The summed E-state index contributed by atoms with van der Waals surface area (Å²) in [6.45, 7) is 0.887. The normalized spacial score (nSPS) is 18.6. The van der Waals surface area contributed by atoms with Crippen LogP contribution in [0.3, 0.4) is 0 Å². The second kappa shape index (κ2) is 9.56. The lowest BCUT2D eigenvalue weighted by Crippen LogP contribution is -2.39. The van der Waals surface area contributed by atoms with Crippen molar-refractivity contribution in [2.24, 2.45) is 0 Å². The third-order valence-electron chi connectivity index (χ3n) is 6.39. The summed E-state index contributed by atoms with van der Waals surface area (Å²) in [6, 6.07) is 20.6. The van der Waals surface area contributed by atoms with Gasteiger partial charge in [0.1, 0.15) is 6.54 Å². The zero-order chi connectivity index (χ0) is 24.6. The lowest BCUT2D eigenvalue weighted by atomic mass is 9.95. The molecule has 1 atom stereocenters. The average Bonchev–Trinajstić information content (AvgIpc) is 3.37. The molecule has 5 rings (SSSR count). The van der Waals surface area contributed by atoms with Gasteiger partial charge in [-0.1, -0.05) is 46.3 Å². The Balaban J connectivity index is 1.54. The minimum absolute atomic E-state index is 0.140. The largest absolute Gasteiger partial charge is 0.324 e. The van der Waals surface area contributed by atoms with E-state index in [1.165, 1.54) is 33.5 Å². The van der Waals surface area contributed by atoms with Crippen molar-refractivity contribution in [1.82, 2.24) is 9.21 Å². The highest BCUT2D eigenvalue weighted by molar-refractivity contribution is 9.10. The number of rotatable bonds is 4. The highest BCUT2D eigenvalue weighted by atomic mass is 79.9. The lowest BCUT2D eigenvalue weighted by Gasteiger charge is -2.31. The Labute approximate surface area is 212 Å². The molecule has 1 N–H and O–H groups in total. The molecule has 1 fully saturated rings. The molecule has 0 saturated carbocycles. The molecule has 0 spiro atoms. The van der Waals surface area contributed by atoms with Gasteiger partial charge in [-0.3, -0.25) is 9.59 Å².